The van der Waals surface area contributed by atoms with Gasteiger partial charge in [-0.25, -0.2) is 4.98 Å². The van der Waals surface area contributed by atoms with E-state index in [-0.39, 0.29) is 18.2 Å². The molecule has 1 heterocycles. The van der Waals surface area contributed by atoms with Crippen molar-refractivity contribution in [2.75, 3.05) is 30.4 Å². The van der Waals surface area contributed by atoms with Gasteiger partial charge in [-0.15, -0.1) is 0 Å². The van der Waals surface area contributed by atoms with Gasteiger partial charge in [0.25, 0.3) is 5.91 Å². The fourth-order valence-electron chi connectivity index (χ4n) is 1.20. The third-order valence-electron chi connectivity index (χ3n) is 2.03. The minimum atomic E-state index is -0.245. The minimum absolute atomic E-state index is 0.212. The predicted molar refractivity (Wildman–Crippen MR) is 70.0 cm³/mol. The fraction of sp³-hybridized carbons (Fsp3) is 0.455. The molecule has 94 valence electrons. The molecule has 0 fully saturated rings. The Morgan fingerprint density at radius 3 is 3.06 bits per heavy atom. The highest BCUT2D eigenvalue weighted by atomic mass is 32.2. The van der Waals surface area contributed by atoms with Crippen LogP contribution < -0.4 is 11.1 Å². The van der Waals surface area contributed by atoms with E-state index in [4.69, 9.17) is 10.8 Å². The quantitative estimate of drug-likeness (QED) is 0.618. The summed E-state index contributed by atoms with van der Waals surface area (Å²) < 4.78 is 0. The number of pyridine rings is 1. The number of hydrogen-bond donors (Lipinski definition) is 3. The summed E-state index contributed by atoms with van der Waals surface area (Å²) in [4.78, 5) is 15.6. The summed E-state index contributed by atoms with van der Waals surface area (Å²) in [6, 6.07) is 3.34. The largest absolute Gasteiger partial charge is 0.397 e. The summed E-state index contributed by atoms with van der Waals surface area (Å²) in [7, 11) is 0. The van der Waals surface area contributed by atoms with Gasteiger partial charge in [0.15, 0.2) is 5.69 Å². The predicted octanol–water partition coefficient (Wildman–Crippen LogP) is 0.509. The van der Waals surface area contributed by atoms with Gasteiger partial charge in [0.1, 0.15) is 0 Å². The van der Waals surface area contributed by atoms with E-state index in [0.717, 1.165) is 17.9 Å². The highest BCUT2D eigenvalue weighted by molar-refractivity contribution is 7.99. The number of carbonyl (C=O) groups excluding carboxylic acids is 1. The lowest BCUT2D eigenvalue weighted by Crippen LogP contribution is -2.27. The maximum absolute atomic E-state index is 11.7. The highest BCUT2D eigenvalue weighted by Gasteiger charge is 2.09. The zero-order valence-corrected chi connectivity index (χ0v) is 10.4. The highest BCUT2D eigenvalue weighted by Crippen LogP contribution is 2.06. The van der Waals surface area contributed by atoms with E-state index in [0.29, 0.717) is 12.2 Å². The van der Waals surface area contributed by atoms with Gasteiger partial charge in [0.2, 0.25) is 0 Å². The number of amides is 1. The third kappa shape index (κ3) is 5.06. The van der Waals surface area contributed by atoms with Gasteiger partial charge < -0.3 is 16.2 Å². The van der Waals surface area contributed by atoms with Crippen LogP contribution in [-0.4, -0.2) is 40.7 Å². The van der Waals surface area contributed by atoms with Gasteiger partial charge >= 0.3 is 0 Å². The van der Waals surface area contributed by atoms with Crippen molar-refractivity contribution in [3.63, 3.8) is 0 Å². The normalized spacial score (nSPS) is 10.2. The van der Waals surface area contributed by atoms with Crippen LogP contribution in [0.25, 0.3) is 0 Å². The lowest BCUT2D eigenvalue weighted by Gasteiger charge is -2.06. The van der Waals surface area contributed by atoms with Gasteiger partial charge in [-0.05, 0) is 24.3 Å². The van der Waals surface area contributed by atoms with Crippen LogP contribution in [0.5, 0.6) is 0 Å². The molecule has 0 bridgehead atoms. The lowest BCUT2D eigenvalue weighted by atomic mass is 10.3. The number of anilines is 1. The summed E-state index contributed by atoms with van der Waals surface area (Å²) in [5.41, 5.74) is 6.29. The second-order valence-electron chi connectivity index (χ2n) is 3.39. The van der Waals surface area contributed by atoms with Crippen molar-refractivity contribution in [2.45, 2.75) is 6.42 Å². The van der Waals surface area contributed by atoms with Crippen LogP contribution in [0.4, 0.5) is 5.69 Å². The molecule has 17 heavy (non-hydrogen) atoms. The summed E-state index contributed by atoms with van der Waals surface area (Å²) in [5, 5.41) is 11.3. The molecule has 0 aliphatic rings. The number of nitrogens with one attached hydrogen (secondary N) is 1. The molecule has 0 aliphatic heterocycles. The first-order chi connectivity index (χ1) is 8.25. The van der Waals surface area contributed by atoms with Gasteiger partial charge in [0, 0.05) is 25.1 Å². The monoisotopic (exact) mass is 255 g/mol. The van der Waals surface area contributed by atoms with Crippen LogP contribution in [0.3, 0.4) is 0 Å². The molecule has 1 amide bonds. The van der Waals surface area contributed by atoms with E-state index in [1.807, 2.05) is 0 Å². The van der Waals surface area contributed by atoms with Crippen molar-refractivity contribution in [1.82, 2.24) is 10.3 Å². The fourth-order valence-corrected chi connectivity index (χ4v) is 1.98. The minimum Gasteiger partial charge on any atom is -0.397 e. The van der Waals surface area contributed by atoms with E-state index >= 15 is 0 Å². The maximum atomic E-state index is 11.7. The number of aliphatic hydroxyl groups excluding tert-OH is 1. The topological polar surface area (TPSA) is 88.2 Å². The van der Waals surface area contributed by atoms with Crippen molar-refractivity contribution in [3.8, 4) is 0 Å². The zero-order valence-electron chi connectivity index (χ0n) is 9.56. The van der Waals surface area contributed by atoms with Crippen molar-refractivity contribution in [1.29, 1.82) is 0 Å². The zero-order chi connectivity index (χ0) is 12.5. The Morgan fingerprint density at radius 1 is 1.53 bits per heavy atom. The van der Waals surface area contributed by atoms with E-state index < -0.39 is 0 Å². The molecule has 4 N–H and O–H groups in total. The number of hydrogen-bond acceptors (Lipinski definition) is 5. The van der Waals surface area contributed by atoms with Crippen LogP contribution in [0, 0.1) is 0 Å². The van der Waals surface area contributed by atoms with Gasteiger partial charge in [0.05, 0.1) is 5.69 Å². The Hall–Kier alpha value is -1.27. The number of carbonyl (C=O) groups is 1. The van der Waals surface area contributed by atoms with Crippen molar-refractivity contribution < 1.29 is 9.90 Å². The first-order valence-electron chi connectivity index (χ1n) is 5.43. The van der Waals surface area contributed by atoms with E-state index in [2.05, 4.69) is 10.3 Å². The summed E-state index contributed by atoms with van der Waals surface area (Å²) in [5.74, 6) is 1.47. The van der Waals surface area contributed by atoms with Gasteiger partial charge in [-0.2, -0.15) is 11.8 Å². The molecule has 1 rings (SSSR count). The molecule has 0 spiro atoms. The molecule has 1 aromatic heterocycles. The SMILES string of the molecule is Nc1cccnc1C(=O)NCCSCCCO. The second-order valence-corrected chi connectivity index (χ2v) is 4.61. The molecule has 0 saturated heterocycles. The molecule has 0 atom stereocenters. The Balaban J connectivity index is 2.24. The van der Waals surface area contributed by atoms with Crippen LogP contribution >= 0.6 is 11.8 Å². The second kappa shape index (κ2) is 7.92. The van der Waals surface area contributed by atoms with E-state index in [1.54, 1.807) is 30.1 Å². The molecule has 0 radical (unpaired) electrons. The molecule has 1 aromatic rings. The molecule has 6 heteroatoms. The number of nitrogens with zero attached hydrogens (tertiary/aromatic N) is 1. The number of aromatic nitrogens is 1. The molecule has 5 nitrogen and oxygen atoms in total. The van der Waals surface area contributed by atoms with Crippen LogP contribution in [0.2, 0.25) is 0 Å². The first-order valence-corrected chi connectivity index (χ1v) is 6.58. The average Bonchev–Trinajstić information content (AvgIpc) is 2.34. The van der Waals surface area contributed by atoms with E-state index in [9.17, 15) is 4.79 Å². The molecule has 0 aromatic carbocycles. The van der Waals surface area contributed by atoms with Crippen molar-refractivity contribution in [2.24, 2.45) is 0 Å². The van der Waals surface area contributed by atoms with Crippen molar-refractivity contribution >= 4 is 23.4 Å². The Labute approximate surface area is 105 Å². The Kier molecular flexibility index (Phi) is 6.42. The smallest absolute Gasteiger partial charge is 0.272 e. The summed E-state index contributed by atoms with van der Waals surface area (Å²) in [6.07, 6.45) is 2.33. The van der Waals surface area contributed by atoms with Crippen LogP contribution in [0.1, 0.15) is 16.9 Å². The van der Waals surface area contributed by atoms with Gasteiger partial charge in [-0.3, -0.25) is 4.79 Å². The number of nitrogen functional groups attached to an aromatic ring is 1. The first kappa shape index (κ1) is 13.8. The van der Waals surface area contributed by atoms with Crippen LogP contribution in [-0.2, 0) is 0 Å². The van der Waals surface area contributed by atoms with Crippen molar-refractivity contribution in [3.05, 3.63) is 24.0 Å². The molecule has 0 saturated carbocycles. The average molecular weight is 255 g/mol. The van der Waals surface area contributed by atoms with Crippen LogP contribution in [0.15, 0.2) is 18.3 Å². The van der Waals surface area contributed by atoms with Gasteiger partial charge in [-0.1, -0.05) is 0 Å². The number of rotatable bonds is 7. The molecule has 0 aliphatic carbocycles. The summed E-state index contributed by atoms with van der Waals surface area (Å²) in [6.45, 7) is 0.786. The summed E-state index contributed by atoms with van der Waals surface area (Å²) >= 11 is 1.69. The Bertz CT molecular complexity index is 360. The van der Waals surface area contributed by atoms with E-state index in [1.165, 1.54) is 0 Å². The molecular weight excluding hydrogens is 238 g/mol. The molecule has 0 unspecified atom stereocenters. The molecular formula is C11H17N3O2S. The maximum Gasteiger partial charge on any atom is 0.272 e. The Morgan fingerprint density at radius 2 is 2.35 bits per heavy atom. The standard InChI is InChI=1S/C11H17N3O2S/c12-9-3-1-4-13-10(9)11(16)14-5-8-17-7-2-6-15/h1,3-4,15H,2,5-8,12H2,(H,14,16). The third-order valence-corrected chi connectivity index (χ3v) is 3.10. The number of nitrogens with two attached hydrogens (primary N) is 1. The number of aliphatic hydroxyl groups is 1. The number of thioether (sulfide) groups is 1. The lowest BCUT2D eigenvalue weighted by molar-refractivity contribution is 0.0952.